The largest absolute Gasteiger partial charge is 0.355 e. The number of likely N-dealkylation sites (tertiary alicyclic amines) is 1. The van der Waals surface area contributed by atoms with Crippen molar-refractivity contribution >= 4 is 17.4 Å². The SMILES string of the molecule is Cc1nnc2c(NC(C)C(=O)N3CCCC3)nccn12. The Morgan fingerprint density at radius 2 is 2.10 bits per heavy atom. The minimum absolute atomic E-state index is 0.113. The van der Waals surface area contributed by atoms with Crippen LogP contribution in [0.1, 0.15) is 25.6 Å². The smallest absolute Gasteiger partial charge is 0.244 e. The molecule has 0 spiro atoms. The van der Waals surface area contributed by atoms with E-state index in [1.54, 1.807) is 6.20 Å². The Hall–Kier alpha value is -2.18. The van der Waals surface area contributed by atoms with Crippen molar-refractivity contribution in [1.29, 1.82) is 0 Å². The molecule has 1 aliphatic rings. The van der Waals surface area contributed by atoms with E-state index >= 15 is 0 Å². The van der Waals surface area contributed by atoms with Crippen LogP contribution in [0, 0.1) is 6.92 Å². The fraction of sp³-hybridized carbons (Fsp3) is 0.538. The minimum atomic E-state index is -0.316. The lowest BCUT2D eigenvalue weighted by atomic mass is 10.3. The maximum absolute atomic E-state index is 12.3. The van der Waals surface area contributed by atoms with Crippen LogP contribution < -0.4 is 5.32 Å². The van der Waals surface area contributed by atoms with Gasteiger partial charge in [-0.15, -0.1) is 10.2 Å². The molecule has 0 aromatic carbocycles. The van der Waals surface area contributed by atoms with Crippen molar-refractivity contribution < 1.29 is 4.79 Å². The Kier molecular flexibility index (Phi) is 3.25. The van der Waals surface area contributed by atoms with Gasteiger partial charge in [0.15, 0.2) is 5.82 Å². The molecule has 1 amide bonds. The van der Waals surface area contributed by atoms with Gasteiger partial charge in [-0.05, 0) is 26.7 Å². The van der Waals surface area contributed by atoms with Gasteiger partial charge in [0, 0.05) is 25.5 Å². The highest BCUT2D eigenvalue weighted by Gasteiger charge is 2.24. The number of nitrogens with one attached hydrogen (secondary N) is 1. The zero-order chi connectivity index (χ0) is 14.1. The number of fused-ring (bicyclic) bond motifs is 1. The molecule has 0 aliphatic carbocycles. The highest BCUT2D eigenvalue weighted by Crippen LogP contribution is 2.15. The van der Waals surface area contributed by atoms with Gasteiger partial charge < -0.3 is 10.2 Å². The van der Waals surface area contributed by atoms with Gasteiger partial charge in [0.05, 0.1) is 0 Å². The number of aryl methyl sites for hydroxylation is 1. The molecule has 7 nitrogen and oxygen atoms in total. The number of carbonyl (C=O) groups excluding carboxylic acids is 1. The lowest BCUT2D eigenvalue weighted by Gasteiger charge is -2.21. The van der Waals surface area contributed by atoms with E-state index in [4.69, 9.17) is 0 Å². The third-order valence-corrected chi connectivity index (χ3v) is 3.64. The first-order valence-corrected chi connectivity index (χ1v) is 6.88. The van der Waals surface area contributed by atoms with E-state index in [2.05, 4.69) is 20.5 Å². The number of rotatable bonds is 3. The van der Waals surface area contributed by atoms with Gasteiger partial charge in [0.1, 0.15) is 11.9 Å². The van der Waals surface area contributed by atoms with Crippen LogP contribution in [0.15, 0.2) is 12.4 Å². The summed E-state index contributed by atoms with van der Waals surface area (Å²) in [4.78, 5) is 18.4. The van der Waals surface area contributed by atoms with E-state index in [1.165, 1.54) is 0 Å². The predicted octanol–water partition coefficient (Wildman–Crippen LogP) is 0.856. The third-order valence-electron chi connectivity index (χ3n) is 3.64. The number of hydrogen-bond donors (Lipinski definition) is 1. The molecule has 2 aromatic heterocycles. The van der Waals surface area contributed by atoms with Crippen molar-refractivity contribution in [3.8, 4) is 0 Å². The minimum Gasteiger partial charge on any atom is -0.355 e. The predicted molar refractivity (Wildman–Crippen MR) is 74.4 cm³/mol. The van der Waals surface area contributed by atoms with E-state index in [0.717, 1.165) is 31.8 Å². The number of nitrogens with zero attached hydrogens (tertiary/aromatic N) is 5. The summed E-state index contributed by atoms with van der Waals surface area (Å²) >= 11 is 0. The van der Waals surface area contributed by atoms with Crippen LogP contribution in [-0.4, -0.2) is 49.5 Å². The molecule has 1 fully saturated rings. The monoisotopic (exact) mass is 274 g/mol. The van der Waals surface area contributed by atoms with Gasteiger partial charge in [-0.2, -0.15) is 0 Å². The van der Waals surface area contributed by atoms with Gasteiger partial charge in [0.25, 0.3) is 0 Å². The maximum Gasteiger partial charge on any atom is 0.244 e. The first-order chi connectivity index (χ1) is 9.66. The molecule has 1 N–H and O–H groups in total. The number of amides is 1. The topological polar surface area (TPSA) is 75.4 Å². The van der Waals surface area contributed by atoms with Crippen LogP contribution in [0.25, 0.3) is 5.65 Å². The van der Waals surface area contributed by atoms with Crippen LogP contribution in [-0.2, 0) is 4.79 Å². The van der Waals surface area contributed by atoms with Crippen LogP contribution in [0.3, 0.4) is 0 Å². The van der Waals surface area contributed by atoms with Crippen LogP contribution >= 0.6 is 0 Å². The second-order valence-corrected chi connectivity index (χ2v) is 5.12. The summed E-state index contributed by atoms with van der Waals surface area (Å²) in [6.07, 6.45) is 5.67. The summed E-state index contributed by atoms with van der Waals surface area (Å²) < 4.78 is 1.85. The summed E-state index contributed by atoms with van der Waals surface area (Å²) in [6.45, 7) is 5.44. The quantitative estimate of drug-likeness (QED) is 0.898. The first-order valence-electron chi connectivity index (χ1n) is 6.88. The first kappa shape index (κ1) is 12.8. The summed E-state index contributed by atoms with van der Waals surface area (Å²) in [5.74, 6) is 1.50. The Balaban J connectivity index is 1.80. The van der Waals surface area contributed by atoms with Crippen molar-refractivity contribution in [3.63, 3.8) is 0 Å². The van der Waals surface area contributed by atoms with Gasteiger partial charge in [-0.1, -0.05) is 0 Å². The second-order valence-electron chi connectivity index (χ2n) is 5.12. The molecule has 3 rings (SSSR count). The highest BCUT2D eigenvalue weighted by molar-refractivity contribution is 5.85. The lowest BCUT2D eigenvalue weighted by Crippen LogP contribution is -2.39. The molecular formula is C13H18N6O. The third kappa shape index (κ3) is 2.19. The Morgan fingerprint density at radius 3 is 2.85 bits per heavy atom. The molecule has 1 unspecified atom stereocenters. The van der Waals surface area contributed by atoms with Crippen molar-refractivity contribution in [1.82, 2.24) is 24.5 Å². The number of anilines is 1. The zero-order valence-corrected chi connectivity index (χ0v) is 11.7. The number of carbonyl (C=O) groups is 1. The second kappa shape index (κ2) is 5.07. The molecule has 7 heteroatoms. The van der Waals surface area contributed by atoms with Crippen molar-refractivity contribution in [3.05, 3.63) is 18.2 Å². The fourth-order valence-electron chi connectivity index (χ4n) is 2.52. The number of hydrogen-bond acceptors (Lipinski definition) is 5. The molecule has 1 aliphatic heterocycles. The molecule has 0 bridgehead atoms. The van der Waals surface area contributed by atoms with E-state index in [-0.39, 0.29) is 11.9 Å². The summed E-state index contributed by atoms with van der Waals surface area (Å²) in [5.41, 5.74) is 0.645. The Bertz CT molecular complexity index is 631. The fourth-order valence-corrected chi connectivity index (χ4v) is 2.52. The van der Waals surface area contributed by atoms with E-state index in [1.807, 2.05) is 29.3 Å². The molecule has 3 heterocycles. The molecule has 0 radical (unpaired) electrons. The average Bonchev–Trinajstić information content (AvgIpc) is 3.09. The van der Waals surface area contributed by atoms with E-state index < -0.39 is 0 Å². The Morgan fingerprint density at radius 1 is 1.35 bits per heavy atom. The summed E-state index contributed by atoms with van der Waals surface area (Å²) in [5, 5.41) is 11.3. The van der Waals surface area contributed by atoms with E-state index in [0.29, 0.717) is 11.5 Å². The van der Waals surface area contributed by atoms with Crippen LogP contribution in [0.4, 0.5) is 5.82 Å². The van der Waals surface area contributed by atoms with Gasteiger partial charge in [-0.3, -0.25) is 9.20 Å². The highest BCUT2D eigenvalue weighted by atomic mass is 16.2. The molecule has 1 atom stereocenters. The molecule has 0 saturated carbocycles. The van der Waals surface area contributed by atoms with Crippen molar-refractivity contribution in [2.24, 2.45) is 0 Å². The lowest BCUT2D eigenvalue weighted by molar-refractivity contribution is -0.130. The van der Waals surface area contributed by atoms with Crippen molar-refractivity contribution in [2.75, 3.05) is 18.4 Å². The van der Waals surface area contributed by atoms with Gasteiger partial charge >= 0.3 is 0 Å². The number of aromatic nitrogens is 4. The molecular weight excluding hydrogens is 256 g/mol. The Labute approximate surface area is 117 Å². The zero-order valence-electron chi connectivity index (χ0n) is 11.7. The summed E-state index contributed by atoms with van der Waals surface area (Å²) in [6, 6.07) is -0.316. The molecule has 2 aromatic rings. The van der Waals surface area contributed by atoms with Crippen LogP contribution in [0.5, 0.6) is 0 Å². The molecule has 106 valence electrons. The molecule has 1 saturated heterocycles. The van der Waals surface area contributed by atoms with E-state index in [9.17, 15) is 4.79 Å². The van der Waals surface area contributed by atoms with Gasteiger partial charge in [0.2, 0.25) is 11.6 Å². The average molecular weight is 274 g/mol. The van der Waals surface area contributed by atoms with Crippen LogP contribution in [0.2, 0.25) is 0 Å². The summed E-state index contributed by atoms with van der Waals surface area (Å²) in [7, 11) is 0. The normalized spacial score (nSPS) is 16.6. The standard InChI is InChI=1S/C13H18N6O/c1-9(13(20)18-6-3-4-7-18)15-11-12-17-16-10(2)19(12)8-5-14-11/h5,8-9H,3-4,6-7H2,1-2H3,(H,14,15). The molecule has 20 heavy (non-hydrogen) atoms. The van der Waals surface area contributed by atoms with Crippen molar-refractivity contribution in [2.45, 2.75) is 32.7 Å². The maximum atomic E-state index is 12.3. The van der Waals surface area contributed by atoms with Gasteiger partial charge in [-0.25, -0.2) is 4.98 Å².